The Hall–Kier alpha value is -4.06. The van der Waals surface area contributed by atoms with Gasteiger partial charge in [-0.25, -0.2) is 9.97 Å². The smallest absolute Gasteiger partial charge is 0.416 e. The Morgan fingerprint density at radius 2 is 1.73 bits per heavy atom. The van der Waals surface area contributed by atoms with Gasteiger partial charge in [-0.1, -0.05) is 42.5 Å². The first kappa shape index (κ1) is 30.9. The Kier molecular flexibility index (Phi) is 9.02. The number of rotatable bonds is 7. The predicted molar refractivity (Wildman–Crippen MR) is 165 cm³/mol. The van der Waals surface area contributed by atoms with Crippen molar-refractivity contribution in [1.29, 1.82) is 0 Å². The van der Waals surface area contributed by atoms with Gasteiger partial charge in [-0.3, -0.25) is 14.6 Å². The number of alkyl halides is 3. The van der Waals surface area contributed by atoms with Gasteiger partial charge in [-0.2, -0.15) is 13.2 Å². The first-order valence-electron chi connectivity index (χ1n) is 15.3. The lowest BCUT2D eigenvalue weighted by molar-refractivity contribution is -0.137. The van der Waals surface area contributed by atoms with Gasteiger partial charge in [0.05, 0.1) is 41.6 Å². The van der Waals surface area contributed by atoms with Crippen LogP contribution in [0.25, 0.3) is 22.3 Å². The summed E-state index contributed by atoms with van der Waals surface area (Å²) in [6, 6.07) is 17.5. The number of likely N-dealkylation sites (tertiary alicyclic amines) is 1. The fourth-order valence-electron chi connectivity index (χ4n) is 6.35. The number of fused-ring (bicyclic) bond motifs is 1. The normalized spacial score (nSPS) is 17.8. The molecule has 2 aromatic carbocycles. The summed E-state index contributed by atoms with van der Waals surface area (Å²) in [5.41, 5.74) is 1.80. The molecule has 0 radical (unpaired) electrons. The lowest BCUT2D eigenvalue weighted by Gasteiger charge is -2.40. The minimum absolute atomic E-state index is 0.196. The number of carbonyl (C=O) groups is 1. The lowest BCUT2D eigenvalue weighted by Crippen LogP contribution is -2.48. The van der Waals surface area contributed by atoms with Crippen molar-refractivity contribution in [3.05, 3.63) is 89.0 Å². The third-order valence-corrected chi connectivity index (χ3v) is 8.75. The molecule has 45 heavy (non-hydrogen) atoms. The Bertz CT molecular complexity index is 1650. The molecule has 2 fully saturated rings. The van der Waals surface area contributed by atoms with Gasteiger partial charge in [0.25, 0.3) is 5.91 Å². The van der Waals surface area contributed by atoms with Crippen LogP contribution in [-0.4, -0.2) is 76.2 Å². The third-order valence-electron chi connectivity index (χ3n) is 8.75. The number of pyridine rings is 2. The summed E-state index contributed by atoms with van der Waals surface area (Å²) >= 11 is 0. The second-order valence-corrected chi connectivity index (χ2v) is 11.7. The van der Waals surface area contributed by atoms with Crippen molar-refractivity contribution in [1.82, 2.24) is 25.1 Å². The minimum atomic E-state index is -4.55. The van der Waals surface area contributed by atoms with E-state index in [1.54, 1.807) is 6.07 Å². The van der Waals surface area contributed by atoms with Gasteiger partial charge in [0.2, 0.25) is 5.88 Å². The quantitative estimate of drug-likeness (QED) is 0.270. The van der Waals surface area contributed by atoms with Gasteiger partial charge in [0, 0.05) is 42.9 Å². The Labute approximate surface area is 259 Å². The van der Waals surface area contributed by atoms with Crippen LogP contribution in [0.5, 0.6) is 5.88 Å². The summed E-state index contributed by atoms with van der Waals surface area (Å²) in [5.74, 6) is -0.721. The number of ether oxygens (including phenoxy) is 1. The number of amides is 1. The van der Waals surface area contributed by atoms with Gasteiger partial charge in [0.1, 0.15) is 5.52 Å². The van der Waals surface area contributed by atoms with Crippen LogP contribution in [0.2, 0.25) is 0 Å². The van der Waals surface area contributed by atoms with Gasteiger partial charge in [-0.15, -0.1) is 0 Å². The van der Waals surface area contributed by atoms with Crippen molar-refractivity contribution < 1.29 is 27.8 Å². The Balaban J connectivity index is 1.43. The van der Waals surface area contributed by atoms with Crippen LogP contribution < -0.4 is 5.32 Å². The van der Waals surface area contributed by atoms with E-state index in [2.05, 4.69) is 20.1 Å². The zero-order valence-electron chi connectivity index (χ0n) is 25.1. The number of nitrogens with one attached hydrogen (secondary N) is 1. The highest BCUT2D eigenvalue weighted by Crippen LogP contribution is 2.36. The maximum absolute atomic E-state index is 14.2. The highest BCUT2D eigenvalue weighted by atomic mass is 19.4. The number of hydrogen-bond donors (Lipinski definition) is 2. The number of morpholine rings is 1. The Morgan fingerprint density at radius 1 is 1.00 bits per heavy atom. The lowest BCUT2D eigenvalue weighted by atomic mass is 9.95. The fourth-order valence-corrected chi connectivity index (χ4v) is 6.35. The van der Waals surface area contributed by atoms with E-state index in [-0.39, 0.29) is 40.8 Å². The van der Waals surface area contributed by atoms with E-state index in [0.29, 0.717) is 17.1 Å². The molecule has 4 aromatic rings. The number of hydrogen-bond acceptors (Lipinski definition) is 7. The molecule has 4 heterocycles. The molecule has 11 heteroatoms. The van der Waals surface area contributed by atoms with Crippen LogP contribution in [0.3, 0.4) is 0 Å². The molecule has 2 saturated heterocycles. The van der Waals surface area contributed by atoms with Crippen LogP contribution in [0.1, 0.15) is 52.9 Å². The summed E-state index contributed by atoms with van der Waals surface area (Å²) in [5, 5.41) is 13.4. The van der Waals surface area contributed by atoms with Crippen LogP contribution in [0.15, 0.2) is 66.7 Å². The molecule has 0 bridgehead atoms. The molecule has 0 spiro atoms. The van der Waals surface area contributed by atoms with Crippen molar-refractivity contribution in [2.24, 2.45) is 0 Å². The number of carbonyl (C=O) groups excluding carboxylic acids is 1. The maximum Gasteiger partial charge on any atom is 0.416 e. The summed E-state index contributed by atoms with van der Waals surface area (Å²) in [6.07, 6.45) is -2.70. The molecule has 0 saturated carbocycles. The largest absolute Gasteiger partial charge is 0.493 e. The topological polar surface area (TPSA) is 90.8 Å². The molecule has 2 N–H and O–H groups in total. The van der Waals surface area contributed by atoms with Crippen molar-refractivity contribution in [3.63, 3.8) is 0 Å². The number of piperidine rings is 1. The molecule has 1 amide bonds. The number of benzene rings is 2. The van der Waals surface area contributed by atoms with Crippen LogP contribution in [-0.2, 0) is 17.5 Å². The molecule has 2 aliphatic rings. The van der Waals surface area contributed by atoms with Crippen molar-refractivity contribution >= 4 is 16.9 Å². The zero-order valence-corrected chi connectivity index (χ0v) is 25.1. The zero-order chi connectivity index (χ0) is 31.6. The molecular formula is C34H36F3N5O3. The number of nitrogens with zero attached hydrogens (tertiary/aromatic N) is 4. The molecule has 0 unspecified atom stereocenters. The second-order valence-electron chi connectivity index (χ2n) is 11.7. The first-order chi connectivity index (χ1) is 21.7. The summed E-state index contributed by atoms with van der Waals surface area (Å²) in [7, 11) is 0. The predicted octanol–water partition coefficient (Wildman–Crippen LogP) is 5.81. The second kappa shape index (κ2) is 13.1. The molecule has 236 valence electrons. The maximum atomic E-state index is 14.2. The minimum Gasteiger partial charge on any atom is -0.493 e. The first-order valence-corrected chi connectivity index (χ1v) is 15.3. The van der Waals surface area contributed by atoms with Gasteiger partial charge in [0.15, 0.2) is 0 Å². The molecule has 6 rings (SSSR count). The van der Waals surface area contributed by atoms with E-state index in [9.17, 15) is 23.1 Å². The van der Waals surface area contributed by atoms with Crippen LogP contribution in [0, 0.1) is 0 Å². The third kappa shape index (κ3) is 6.95. The van der Waals surface area contributed by atoms with Gasteiger partial charge < -0.3 is 15.2 Å². The summed E-state index contributed by atoms with van der Waals surface area (Å²) in [6.45, 7) is 6.89. The van der Waals surface area contributed by atoms with Crippen molar-refractivity contribution in [2.75, 3.05) is 39.4 Å². The SMILES string of the molecule is C[C@H](NC(=O)c1c(CN2CCC(N3CCOCC3)CC2)c(-c2cccc(C(F)(F)F)c2)nc2ccc(O)nc12)c1ccccc1. The highest BCUT2D eigenvalue weighted by molar-refractivity contribution is 6.07. The average molecular weight is 620 g/mol. The highest BCUT2D eigenvalue weighted by Gasteiger charge is 2.33. The average Bonchev–Trinajstić information content (AvgIpc) is 3.05. The molecule has 2 aromatic heterocycles. The Morgan fingerprint density at radius 3 is 2.44 bits per heavy atom. The van der Waals surface area contributed by atoms with Crippen molar-refractivity contribution in [2.45, 2.75) is 44.6 Å². The van der Waals surface area contributed by atoms with Crippen molar-refractivity contribution in [3.8, 4) is 17.1 Å². The fraction of sp³-hybridized carbons (Fsp3) is 0.382. The monoisotopic (exact) mass is 619 g/mol. The van der Waals surface area contributed by atoms with E-state index >= 15 is 0 Å². The number of aromatic hydroxyl groups is 1. The van der Waals surface area contributed by atoms with Gasteiger partial charge in [-0.05, 0) is 56.6 Å². The molecular weight excluding hydrogens is 583 g/mol. The number of aromatic nitrogens is 2. The van der Waals surface area contributed by atoms with Crippen LogP contribution in [0.4, 0.5) is 13.2 Å². The van der Waals surface area contributed by atoms with E-state index in [1.165, 1.54) is 18.2 Å². The van der Waals surface area contributed by atoms with E-state index in [1.807, 2.05) is 37.3 Å². The van der Waals surface area contributed by atoms with E-state index in [4.69, 9.17) is 9.72 Å². The summed E-state index contributed by atoms with van der Waals surface area (Å²) < 4.78 is 47.0. The van der Waals surface area contributed by atoms with Gasteiger partial charge >= 0.3 is 6.18 Å². The molecule has 0 aliphatic carbocycles. The number of halogens is 3. The van der Waals surface area contributed by atoms with E-state index < -0.39 is 17.6 Å². The molecule has 2 aliphatic heterocycles. The summed E-state index contributed by atoms with van der Waals surface area (Å²) in [4.78, 5) is 28.0. The molecule has 1 atom stereocenters. The standard InChI is InChI=1S/C34H36F3N5O3/c1-22(23-6-3-2-4-7-23)38-33(44)30-27(21-41-14-12-26(13-15-41)42-16-18-45-19-17-42)31(39-28-10-11-29(43)40-32(28)30)24-8-5-9-25(20-24)34(35,36)37/h2-11,20,22,26H,12-19,21H2,1H3,(H,38,44)(H,40,43)/t22-/m0/s1. The van der Waals surface area contributed by atoms with Crippen LogP contribution >= 0.6 is 0 Å². The molecule has 8 nitrogen and oxygen atoms in total. The van der Waals surface area contributed by atoms with E-state index in [0.717, 1.165) is 69.9 Å².